The van der Waals surface area contributed by atoms with Gasteiger partial charge in [-0.05, 0) is 56.3 Å². The summed E-state index contributed by atoms with van der Waals surface area (Å²) in [6, 6.07) is 12.7. The molecule has 0 saturated carbocycles. The Morgan fingerprint density at radius 1 is 1.06 bits per heavy atom. The molecule has 0 bridgehead atoms. The van der Waals surface area contributed by atoms with Crippen LogP contribution in [0.4, 0.5) is 5.69 Å². The number of aliphatic hydroxyl groups is 2. The highest BCUT2D eigenvalue weighted by Crippen LogP contribution is 2.22. The predicted octanol–water partition coefficient (Wildman–Crippen LogP) is 1.32. The van der Waals surface area contributed by atoms with Crippen LogP contribution in [0.15, 0.2) is 42.5 Å². The normalized spacial score (nSPS) is 16.2. The van der Waals surface area contributed by atoms with Crippen molar-refractivity contribution in [2.75, 3.05) is 51.3 Å². The fraction of sp³-hybridized carbons (Fsp3) is 0.440. The zero-order valence-corrected chi connectivity index (χ0v) is 19.5. The van der Waals surface area contributed by atoms with E-state index in [0.717, 1.165) is 43.0 Å². The van der Waals surface area contributed by atoms with Crippen molar-refractivity contribution in [1.82, 2.24) is 15.5 Å². The predicted molar refractivity (Wildman–Crippen MR) is 129 cm³/mol. The molecule has 33 heavy (non-hydrogen) atoms. The molecule has 1 heterocycles. The lowest BCUT2D eigenvalue weighted by Crippen LogP contribution is -2.44. The summed E-state index contributed by atoms with van der Waals surface area (Å²) in [7, 11) is 2.11. The minimum atomic E-state index is -1.000. The molecule has 8 nitrogen and oxygen atoms in total. The van der Waals surface area contributed by atoms with Gasteiger partial charge in [0, 0.05) is 49.5 Å². The van der Waals surface area contributed by atoms with Crippen molar-refractivity contribution in [2.24, 2.45) is 0 Å². The van der Waals surface area contributed by atoms with E-state index in [1.807, 2.05) is 32.0 Å². The monoisotopic (exact) mass is 454 g/mol. The molecule has 3 rings (SSSR count). The number of piperazine rings is 1. The van der Waals surface area contributed by atoms with Crippen LogP contribution < -0.4 is 15.5 Å². The Bertz CT molecular complexity index is 973. The molecule has 4 N–H and O–H groups in total. The van der Waals surface area contributed by atoms with Gasteiger partial charge in [0.25, 0.3) is 11.8 Å². The molecule has 0 radical (unpaired) electrons. The number of hydrogen-bond donors (Lipinski definition) is 4. The molecule has 1 saturated heterocycles. The Morgan fingerprint density at radius 3 is 2.48 bits per heavy atom. The van der Waals surface area contributed by atoms with Gasteiger partial charge in [0.1, 0.15) is 0 Å². The second-order valence-corrected chi connectivity index (χ2v) is 8.66. The van der Waals surface area contributed by atoms with Gasteiger partial charge >= 0.3 is 0 Å². The van der Waals surface area contributed by atoms with E-state index in [1.165, 1.54) is 0 Å². The van der Waals surface area contributed by atoms with Crippen LogP contribution in [-0.2, 0) is 0 Å². The first kappa shape index (κ1) is 24.7. The van der Waals surface area contributed by atoms with Gasteiger partial charge < -0.3 is 30.6 Å². The maximum atomic E-state index is 13.1. The Kier molecular flexibility index (Phi) is 8.43. The SMILES string of the molecule is Cc1ccc(N2CCN(C)CC2)cc1C(=O)N[C@H](C)c1cccc(C(=O)NC[C@@H](O)CO)c1. The lowest BCUT2D eigenvalue weighted by Gasteiger charge is -2.34. The summed E-state index contributed by atoms with van der Waals surface area (Å²) in [6.45, 7) is 7.21. The minimum absolute atomic E-state index is 0.0330. The third-order valence-electron chi connectivity index (χ3n) is 6.04. The molecule has 0 unspecified atom stereocenters. The molecule has 1 fully saturated rings. The molecular weight excluding hydrogens is 420 g/mol. The van der Waals surface area contributed by atoms with Gasteiger partial charge in [0.2, 0.25) is 0 Å². The number of aryl methyl sites for hydroxylation is 1. The van der Waals surface area contributed by atoms with Gasteiger partial charge in [0.05, 0.1) is 18.8 Å². The number of aliphatic hydroxyl groups excluding tert-OH is 2. The van der Waals surface area contributed by atoms with Crippen LogP contribution in [0, 0.1) is 6.92 Å². The van der Waals surface area contributed by atoms with E-state index >= 15 is 0 Å². The number of hydrogen-bond acceptors (Lipinski definition) is 6. The van der Waals surface area contributed by atoms with Crippen LogP contribution in [0.2, 0.25) is 0 Å². The van der Waals surface area contributed by atoms with Gasteiger partial charge in [-0.2, -0.15) is 0 Å². The van der Waals surface area contributed by atoms with Crippen LogP contribution in [-0.4, -0.2) is 79.4 Å². The van der Waals surface area contributed by atoms with E-state index in [4.69, 9.17) is 5.11 Å². The van der Waals surface area contributed by atoms with Gasteiger partial charge in [-0.15, -0.1) is 0 Å². The number of nitrogens with zero attached hydrogens (tertiary/aromatic N) is 2. The van der Waals surface area contributed by atoms with Crippen molar-refractivity contribution in [1.29, 1.82) is 0 Å². The highest BCUT2D eigenvalue weighted by atomic mass is 16.3. The van der Waals surface area contributed by atoms with E-state index in [2.05, 4.69) is 33.5 Å². The van der Waals surface area contributed by atoms with E-state index in [0.29, 0.717) is 11.1 Å². The highest BCUT2D eigenvalue weighted by molar-refractivity contribution is 5.97. The third kappa shape index (κ3) is 6.54. The van der Waals surface area contributed by atoms with E-state index in [-0.39, 0.29) is 24.4 Å². The Balaban J connectivity index is 1.68. The quantitative estimate of drug-likeness (QED) is 0.480. The van der Waals surface area contributed by atoms with Crippen LogP contribution in [0.25, 0.3) is 0 Å². The molecular formula is C25H34N4O4. The van der Waals surface area contributed by atoms with Crippen molar-refractivity contribution in [2.45, 2.75) is 26.0 Å². The highest BCUT2D eigenvalue weighted by Gasteiger charge is 2.19. The largest absolute Gasteiger partial charge is 0.394 e. The second kappa shape index (κ2) is 11.3. The first-order valence-electron chi connectivity index (χ1n) is 11.3. The zero-order valence-electron chi connectivity index (χ0n) is 19.5. The van der Waals surface area contributed by atoms with E-state index < -0.39 is 12.7 Å². The van der Waals surface area contributed by atoms with Crippen LogP contribution in [0.5, 0.6) is 0 Å². The summed E-state index contributed by atoms with van der Waals surface area (Å²) in [5.41, 5.74) is 3.83. The Labute approximate surface area is 195 Å². The fourth-order valence-electron chi connectivity index (χ4n) is 3.80. The summed E-state index contributed by atoms with van der Waals surface area (Å²) in [5.74, 6) is -0.504. The zero-order chi connectivity index (χ0) is 24.0. The lowest BCUT2D eigenvalue weighted by molar-refractivity contribution is 0.0802. The number of carbonyl (C=O) groups excluding carboxylic acids is 2. The summed E-state index contributed by atoms with van der Waals surface area (Å²) >= 11 is 0. The molecule has 2 aromatic rings. The van der Waals surface area contributed by atoms with Crippen molar-refractivity contribution in [3.05, 3.63) is 64.7 Å². The topological polar surface area (TPSA) is 105 Å². The maximum Gasteiger partial charge on any atom is 0.252 e. The van der Waals surface area contributed by atoms with Gasteiger partial charge in [-0.25, -0.2) is 0 Å². The van der Waals surface area contributed by atoms with Gasteiger partial charge in [0.15, 0.2) is 0 Å². The molecule has 2 amide bonds. The first-order chi connectivity index (χ1) is 15.8. The summed E-state index contributed by atoms with van der Waals surface area (Å²) in [5, 5.41) is 23.9. The number of nitrogens with one attached hydrogen (secondary N) is 2. The maximum absolute atomic E-state index is 13.1. The minimum Gasteiger partial charge on any atom is -0.394 e. The molecule has 2 aromatic carbocycles. The number of benzene rings is 2. The molecule has 0 aliphatic carbocycles. The second-order valence-electron chi connectivity index (χ2n) is 8.66. The number of rotatable bonds is 8. The molecule has 2 atom stereocenters. The molecule has 1 aliphatic rings. The molecule has 1 aliphatic heterocycles. The van der Waals surface area contributed by atoms with Crippen molar-refractivity contribution >= 4 is 17.5 Å². The van der Waals surface area contributed by atoms with Gasteiger partial charge in [-0.1, -0.05) is 18.2 Å². The lowest BCUT2D eigenvalue weighted by atomic mass is 10.0. The smallest absolute Gasteiger partial charge is 0.252 e. The summed E-state index contributed by atoms with van der Waals surface area (Å²) in [4.78, 5) is 30.0. The van der Waals surface area contributed by atoms with Crippen LogP contribution in [0.1, 0.15) is 44.8 Å². The number of amides is 2. The molecule has 178 valence electrons. The van der Waals surface area contributed by atoms with Crippen molar-refractivity contribution in [3.63, 3.8) is 0 Å². The van der Waals surface area contributed by atoms with Crippen molar-refractivity contribution in [3.8, 4) is 0 Å². The average Bonchev–Trinajstić information content (AvgIpc) is 2.83. The van der Waals surface area contributed by atoms with E-state index in [9.17, 15) is 14.7 Å². The first-order valence-corrected chi connectivity index (χ1v) is 11.3. The Hall–Kier alpha value is -2.94. The van der Waals surface area contributed by atoms with Gasteiger partial charge in [-0.3, -0.25) is 9.59 Å². The van der Waals surface area contributed by atoms with Crippen LogP contribution in [0.3, 0.4) is 0 Å². The summed E-state index contributed by atoms with van der Waals surface area (Å²) < 4.78 is 0. The molecule has 8 heteroatoms. The average molecular weight is 455 g/mol. The van der Waals surface area contributed by atoms with Crippen molar-refractivity contribution < 1.29 is 19.8 Å². The number of carbonyl (C=O) groups is 2. The summed E-state index contributed by atoms with van der Waals surface area (Å²) in [6.07, 6.45) is -1.000. The number of anilines is 1. The molecule has 0 aromatic heterocycles. The third-order valence-corrected chi connectivity index (χ3v) is 6.04. The Morgan fingerprint density at radius 2 is 1.79 bits per heavy atom. The number of likely N-dealkylation sites (N-methyl/N-ethyl adjacent to an activating group) is 1. The standard InChI is InChI=1S/C25H34N4O4/c1-17-7-8-21(29-11-9-28(3)10-12-29)14-23(17)25(33)27-18(2)19-5-4-6-20(13-19)24(32)26-15-22(31)16-30/h4-8,13-14,18,22,30-31H,9-12,15-16H2,1-3H3,(H,26,32)(H,27,33)/t18-,22-/m1/s1. The molecule has 0 spiro atoms. The van der Waals surface area contributed by atoms with E-state index in [1.54, 1.807) is 18.2 Å². The fourth-order valence-corrected chi connectivity index (χ4v) is 3.80. The van der Waals surface area contributed by atoms with Crippen LogP contribution >= 0.6 is 0 Å².